The second-order valence-corrected chi connectivity index (χ2v) is 7.15. The third-order valence-electron chi connectivity index (χ3n) is 3.28. The van der Waals surface area contributed by atoms with Crippen LogP contribution in [0.15, 0.2) is 0 Å². The largest absolute Gasteiger partial charge is 0.376 e. The Bertz CT molecular complexity index is 193. The van der Waals surface area contributed by atoms with Crippen molar-refractivity contribution < 1.29 is 13.9 Å². The fraction of sp³-hybridized carbons (Fsp3) is 1.00. The molecule has 0 radical (unpaired) electrons. The zero-order valence-electron chi connectivity index (χ0n) is 14.4. The summed E-state index contributed by atoms with van der Waals surface area (Å²) in [5.74, 6) is 0.0826. The highest BCUT2D eigenvalue weighted by atomic mass is 28.2. The summed E-state index contributed by atoms with van der Waals surface area (Å²) in [4.78, 5) is 0. The molecule has 0 heterocycles. The van der Waals surface area contributed by atoms with E-state index in [9.17, 15) is 0 Å². The van der Waals surface area contributed by atoms with Crippen LogP contribution in [-0.4, -0.2) is 29.0 Å². The van der Waals surface area contributed by atoms with Crippen molar-refractivity contribution in [2.75, 3.05) is 13.2 Å². The Morgan fingerprint density at radius 2 is 1.60 bits per heavy atom. The molecule has 0 aliphatic carbocycles. The molecule has 0 spiro atoms. The summed E-state index contributed by atoms with van der Waals surface area (Å²) in [6.45, 7) is 12.0. The molecule has 0 atom stereocenters. The number of rotatable bonds is 14. The molecule has 0 saturated carbocycles. The van der Waals surface area contributed by atoms with E-state index in [0.717, 1.165) is 18.8 Å². The average Bonchev–Trinajstić information content (AvgIpc) is 2.38. The zero-order chi connectivity index (χ0) is 15.3. The summed E-state index contributed by atoms with van der Waals surface area (Å²) >= 11 is 0. The minimum Gasteiger partial charge on any atom is -0.376 e. The van der Waals surface area contributed by atoms with Gasteiger partial charge in [0.15, 0.2) is 9.76 Å². The predicted molar refractivity (Wildman–Crippen MR) is 88.6 cm³/mol. The van der Waals surface area contributed by atoms with Gasteiger partial charge in [-0.05, 0) is 32.2 Å². The van der Waals surface area contributed by atoms with E-state index in [4.69, 9.17) is 13.9 Å². The first-order chi connectivity index (χ1) is 9.60. The van der Waals surface area contributed by atoms with Gasteiger partial charge in [0.1, 0.15) is 0 Å². The highest BCUT2D eigenvalue weighted by molar-refractivity contribution is 6.27. The van der Waals surface area contributed by atoms with E-state index in [1.807, 2.05) is 13.8 Å². The molecule has 0 saturated heterocycles. The lowest BCUT2D eigenvalue weighted by atomic mass is 10.1. The Labute approximate surface area is 128 Å². The minimum atomic E-state index is -0.748. The molecule has 0 aromatic carbocycles. The molecule has 0 aliphatic heterocycles. The molecule has 20 heavy (non-hydrogen) atoms. The van der Waals surface area contributed by atoms with Crippen LogP contribution in [0, 0.1) is 5.92 Å². The summed E-state index contributed by atoms with van der Waals surface area (Å²) in [7, 11) is -0.551. The van der Waals surface area contributed by atoms with Gasteiger partial charge in [-0.2, -0.15) is 0 Å². The Balaban J connectivity index is 3.88. The van der Waals surface area contributed by atoms with E-state index in [1.165, 1.54) is 31.7 Å². The van der Waals surface area contributed by atoms with E-state index in [2.05, 4.69) is 20.8 Å². The van der Waals surface area contributed by atoms with E-state index in [1.54, 1.807) is 0 Å². The van der Waals surface area contributed by atoms with E-state index < -0.39 is 15.7 Å². The second-order valence-electron chi connectivity index (χ2n) is 5.74. The molecular formula is C16H36O3Si. The third-order valence-corrected chi connectivity index (χ3v) is 4.72. The maximum Gasteiger partial charge on any atom is 0.272 e. The Morgan fingerprint density at radius 1 is 0.950 bits per heavy atom. The van der Waals surface area contributed by atoms with Gasteiger partial charge in [-0.25, -0.2) is 0 Å². The van der Waals surface area contributed by atoms with Crippen LogP contribution in [-0.2, 0) is 13.9 Å². The van der Waals surface area contributed by atoms with E-state index >= 15 is 0 Å². The molecule has 0 bridgehead atoms. The third kappa shape index (κ3) is 9.92. The van der Waals surface area contributed by atoms with Crippen LogP contribution in [0.2, 0.25) is 6.04 Å². The smallest absolute Gasteiger partial charge is 0.272 e. The van der Waals surface area contributed by atoms with Crippen molar-refractivity contribution in [3.05, 3.63) is 0 Å². The van der Waals surface area contributed by atoms with Gasteiger partial charge in [-0.3, -0.25) is 0 Å². The van der Waals surface area contributed by atoms with Gasteiger partial charge in [-0.15, -0.1) is 0 Å². The van der Waals surface area contributed by atoms with Gasteiger partial charge < -0.3 is 13.9 Å². The highest BCUT2D eigenvalue weighted by Crippen LogP contribution is 2.22. The predicted octanol–water partition coefficient (Wildman–Crippen LogP) is 4.25. The normalized spacial score (nSPS) is 12.9. The molecule has 0 rings (SSSR count). The lowest BCUT2D eigenvalue weighted by molar-refractivity contribution is -0.345. The standard InChI is InChI=1S/C16H36O3Si/c1-6-13-16(17-7-2,18-8-3)19-20-14-11-9-10-12-15(4)5/h15H,6-14,20H2,1-5H3. The quantitative estimate of drug-likeness (QED) is 0.273. The van der Waals surface area contributed by atoms with Crippen LogP contribution in [0.4, 0.5) is 0 Å². The summed E-state index contributed by atoms with van der Waals surface area (Å²) in [5.41, 5.74) is 0. The van der Waals surface area contributed by atoms with Gasteiger partial charge in [0.05, 0.1) is 0 Å². The summed E-state index contributed by atoms with van der Waals surface area (Å²) in [6, 6.07) is 1.23. The van der Waals surface area contributed by atoms with Crippen LogP contribution in [0.3, 0.4) is 0 Å². The minimum absolute atomic E-state index is 0.551. The SMILES string of the molecule is CCCC(OCC)(OCC)O[SiH2]CCCCCC(C)C. The Kier molecular flexibility index (Phi) is 12.9. The van der Waals surface area contributed by atoms with Gasteiger partial charge in [-0.1, -0.05) is 46.5 Å². The lowest BCUT2D eigenvalue weighted by Crippen LogP contribution is -2.40. The summed E-state index contributed by atoms with van der Waals surface area (Å²) in [5, 5.41) is 0. The van der Waals surface area contributed by atoms with Crippen molar-refractivity contribution in [3.63, 3.8) is 0 Å². The number of ether oxygens (including phenoxy) is 2. The first-order valence-electron chi connectivity index (χ1n) is 8.52. The molecular weight excluding hydrogens is 268 g/mol. The van der Waals surface area contributed by atoms with E-state index in [0.29, 0.717) is 13.2 Å². The van der Waals surface area contributed by atoms with Gasteiger partial charge >= 0.3 is 0 Å². The molecule has 0 aliphatic rings. The monoisotopic (exact) mass is 304 g/mol. The van der Waals surface area contributed by atoms with Crippen LogP contribution >= 0.6 is 0 Å². The molecule has 3 nitrogen and oxygen atoms in total. The number of hydrogen-bond acceptors (Lipinski definition) is 3. The van der Waals surface area contributed by atoms with Crippen molar-refractivity contribution in [1.82, 2.24) is 0 Å². The number of hydrogen-bond donors (Lipinski definition) is 0. The van der Waals surface area contributed by atoms with Crippen LogP contribution in [0.1, 0.15) is 73.1 Å². The molecule has 0 aromatic heterocycles. The fourth-order valence-electron chi connectivity index (χ4n) is 2.32. The zero-order valence-corrected chi connectivity index (χ0v) is 15.8. The van der Waals surface area contributed by atoms with Crippen molar-refractivity contribution >= 4 is 9.76 Å². The molecule has 0 N–H and O–H groups in total. The molecule has 0 amide bonds. The maximum atomic E-state index is 6.07. The van der Waals surface area contributed by atoms with Crippen molar-refractivity contribution in [3.8, 4) is 0 Å². The van der Waals surface area contributed by atoms with Crippen LogP contribution in [0.25, 0.3) is 0 Å². The molecule has 4 heteroatoms. The molecule has 122 valence electrons. The second kappa shape index (κ2) is 12.8. The van der Waals surface area contributed by atoms with Crippen LogP contribution in [0.5, 0.6) is 0 Å². The fourth-order valence-corrected chi connectivity index (χ4v) is 3.65. The molecule has 0 fully saturated rings. The van der Waals surface area contributed by atoms with Gasteiger partial charge in [0, 0.05) is 19.6 Å². The van der Waals surface area contributed by atoms with E-state index in [-0.39, 0.29) is 0 Å². The Morgan fingerprint density at radius 3 is 2.10 bits per heavy atom. The topological polar surface area (TPSA) is 27.7 Å². The summed E-state index contributed by atoms with van der Waals surface area (Å²) < 4.78 is 17.6. The van der Waals surface area contributed by atoms with Crippen LogP contribution < -0.4 is 0 Å². The van der Waals surface area contributed by atoms with Crippen molar-refractivity contribution in [2.45, 2.75) is 85.2 Å². The average molecular weight is 305 g/mol. The van der Waals surface area contributed by atoms with Crippen molar-refractivity contribution in [2.24, 2.45) is 5.92 Å². The molecule has 0 aromatic rings. The maximum absolute atomic E-state index is 6.07. The van der Waals surface area contributed by atoms with Gasteiger partial charge in [0.25, 0.3) is 5.97 Å². The molecule has 0 unspecified atom stereocenters. The first-order valence-corrected chi connectivity index (χ1v) is 10.1. The lowest BCUT2D eigenvalue weighted by Gasteiger charge is -2.33. The Hall–Kier alpha value is 0.0969. The van der Waals surface area contributed by atoms with Gasteiger partial charge in [0.2, 0.25) is 0 Å². The highest BCUT2D eigenvalue weighted by Gasteiger charge is 2.30. The first kappa shape index (κ1) is 20.1. The number of unbranched alkanes of at least 4 members (excludes halogenated alkanes) is 2. The van der Waals surface area contributed by atoms with Crippen molar-refractivity contribution in [1.29, 1.82) is 0 Å². The summed E-state index contributed by atoms with van der Waals surface area (Å²) in [6.07, 6.45) is 7.17.